The number of aromatic nitrogens is 2. The van der Waals surface area contributed by atoms with Crippen LogP contribution in [0.25, 0.3) is 11.5 Å². The van der Waals surface area contributed by atoms with Crippen molar-refractivity contribution in [1.29, 1.82) is 0 Å². The van der Waals surface area contributed by atoms with Crippen molar-refractivity contribution in [2.75, 3.05) is 27.3 Å². The van der Waals surface area contributed by atoms with Crippen LogP contribution in [-0.4, -0.2) is 43.4 Å². The summed E-state index contributed by atoms with van der Waals surface area (Å²) in [5.41, 5.74) is 3.13. The molecule has 0 saturated carbocycles. The molecule has 0 amide bonds. The van der Waals surface area contributed by atoms with E-state index in [1.165, 1.54) is 5.56 Å². The molecule has 0 aliphatic carbocycles. The number of ether oxygens (including phenoxy) is 2. The van der Waals surface area contributed by atoms with Gasteiger partial charge in [-0.2, -0.15) is 4.98 Å². The van der Waals surface area contributed by atoms with Gasteiger partial charge in [0.2, 0.25) is 0 Å². The molecule has 170 valence electrons. The lowest BCUT2D eigenvalue weighted by atomic mass is 10.1. The van der Waals surface area contributed by atoms with Crippen LogP contribution >= 0.6 is 0 Å². The molecule has 3 aromatic rings. The van der Waals surface area contributed by atoms with Gasteiger partial charge in [0, 0.05) is 36.7 Å². The van der Waals surface area contributed by atoms with Gasteiger partial charge in [-0.15, -0.1) is 0 Å². The Morgan fingerprint density at radius 3 is 2.50 bits per heavy atom. The van der Waals surface area contributed by atoms with Crippen LogP contribution < -0.4 is 20.1 Å². The molecule has 1 aromatic heterocycles. The molecular formula is C24H31N5O3. The number of hydrogen-bond acceptors (Lipinski definition) is 6. The van der Waals surface area contributed by atoms with E-state index < -0.39 is 0 Å². The normalized spacial score (nSPS) is 11.3. The number of nitrogens with zero attached hydrogens (tertiary/aromatic N) is 3. The van der Waals surface area contributed by atoms with Gasteiger partial charge < -0.3 is 24.6 Å². The van der Waals surface area contributed by atoms with Gasteiger partial charge in [-0.3, -0.25) is 0 Å². The third-order valence-corrected chi connectivity index (χ3v) is 4.94. The van der Waals surface area contributed by atoms with E-state index in [0.717, 1.165) is 60.3 Å². The quantitative estimate of drug-likeness (QED) is 0.370. The van der Waals surface area contributed by atoms with Gasteiger partial charge in [0.05, 0.1) is 20.8 Å². The molecule has 0 aliphatic rings. The third-order valence-electron chi connectivity index (χ3n) is 4.94. The monoisotopic (exact) mass is 437 g/mol. The van der Waals surface area contributed by atoms with Crippen molar-refractivity contribution in [2.24, 2.45) is 4.99 Å². The number of nitrogens with one attached hydrogen (secondary N) is 2. The van der Waals surface area contributed by atoms with Crippen LogP contribution in [0, 0.1) is 0 Å². The Labute approximate surface area is 189 Å². The van der Waals surface area contributed by atoms with Gasteiger partial charge in [0.15, 0.2) is 11.8 Å². The molecule has 32 heavy (non-hydrogen) atoms. The number of rotatable bonds is 10. The van der Waals surface area contributed by atoms with E-state index in [0.29, 0.717) is 12.4 Å². The van der Waals surface area contributed by atoms with Crippen molar-refractivity contribution in [1.82, 2.24) is 20.8 Å². The van der Waals surface area contributed by atoms with E-state index in [4.69, 9.17) is 14.0 Å². The predicted octanol–water partition coefficient (Wildman–Crippen LogP) is 3.61. The second kappa shape index (κ2) is 11.7. The standard InChI is InChI=1S/C24H31N5O3/c1-5-22-28-23(32-29-22)18-9-7-17(8-10-18)13-14-26-24(25-6-2)27-16-19-11-12-20(30-3)15-21(19)31-4/h7-12,15H,5-6,13-14,16H2,1-4H3,(H2,25,26,27). The van der Waals surface area contributed by atoms with Crippen LogP contribution in [0.2, 0.25) is 0 Å². The van der Waals surface area contributed by atoms with Crippen LogP contribution in [0.3, 0.4) is 0 Å². The minimum atomic E-state index is 0.501. The molecule has 8 heteroatoms. The summed E-state index contributed by atoms with van der Waals surface area (Å²) in [6.45, 7) is 6.09. The van der Waals surface area contributed by atoms with Gasteiger partial charge in [-0.05, 0) is 43.2 Å². The molecule has 1 heterocycles. The van der Waals surface area contributed by atoms with E-state index in [1.807, 2.05) is 44.2 Å². The lowest BCUT2D eigenvalue weighted by molar-refractivity contribution is 0.391. The Morgan fingerprint density at radius 2 is 1.84 bits per heavy atom. The topological polar surface area (TPSA) is 93.8 Å². The first-order valence-electron chi connectivity index (χ1n) is 10.8. The average molecular weight is 438 g/mol. The first-order valence-corrected chi connectivity index (χ1v) is 10.8. The molecule has 0 spiro atoms. The molecule has 8 nitrogen and oxygen atoms in total. The molecule has 0 radical (unpaired) electrons. The third kappa shape index (κ3) is 6.23. The second-order valence-corrected chi connectivity index (χ2v) is 7.12. The zero-order chi connectivity index (χ0) is 22.8. The largest absolute Gasteiger partial charge is 0.497 e. The highest BCUT2D eigenvalue weighted by molar-refractivity contribution is 5.79. The van der Waals surface area contributed by atoms with E-state index in [1.54, 1.807) is 14.2 Å². The molecule has 2 aromatic carbocycles. The molecule has 0 aliphatic heterocycles. The summed E-state index contributed by atoms with van der Waals surface area (Å²) in [4.78, 5) is 9.06. The zero-order valence-corrected chi connectivity index (χ0v) is 19.1. The van der Waals surface area contributed by atoms with Gasteiger partial charge in [-0.25, -0.2) is 4.99 Å². The summed E-state index contributed by atoms with van der Waals surface area (Å²) < 4.78 is 16.0. The van der Waals surface area contributed by atoms with Crippen LogP contribution in [-0.2, 0) is 19.4 Å². The highest BCUT2D eigenvalue weighted by Gasteiger charge is 2.08. The van der Waals surface area contributed by atoms with Crippen LogP contribution in [0.1, 0.15) is 30.8 Å². The number of benzene rings is 2. The summed E-state index contributed by atoms with van der Waals surface area (Å²) in [6, 6.07) is 13.9. The molecule has 0 fully saturated rings. The van der Waals surface area contributed by atoms with E-state index >= 15 is 0 Å². The van der Waals surface area contributed by atoms with Crippen LogP contribution in [0.5, 0.6) is 11.5 Å². The molecule has 0 atom stereocenters. The Balaban J connectivity index is 1.56. The van der Waals surface area contributed by atoms with E-state index in [9.17, 15) is 0 Å². The molecule has 0 bridgehead atoms. The van der Waals surface area contributed by atoms with Crippen molar-refractivity contribution in [2.45, 2.75) is 33.2 Å². The second-order valence-electron chi connectivity index (χ2n) is 7.12. The van der Waals surface area contributed by atoms with Crippen molar-refractivity contribution in [3.63, 3.8) is 0 Å². The number of guanidine groups is 1. The summed E-state index contributed by atoms with van der Waals surface area (Å²) in [6.07, 6.45) is 1.62. The van der Waals surface area contributed by atoms with Gasteiger partial charge in [0.1, 0.15) is 11.5 Å². The maximum atomic E-state index is 5.46. The fourth-order valence-electron chi connectivity index (χ4n) is 3.14. The maximum absolute atomic E-state index is 5.46. The number of aryl methyl sites for hydroxylation is 1. The number of methoxy groups -OCH3 is 2. The van der Waals surface area contributed by atoms with Gasteiger partial charge in [-0.1, -0.05) is 24.2 Å². The molecule has 0 saturated heterocycles. The van der Waals surface area contributed by atoms with Crippen LogP contribution in [0.15, 0.2) is 52.0 Å². The Bertz CT molecular complexity index is 1010. The summed E-state index contributed by atoms with van der Waals surface area (Å²) in [7, 11) is 3.29. The maximum Gasteiger partial charge on any atom is 0.257 e. The van der Waals surface area contributed by atoms with E-state index in [-0.39, 0.29) is 0 Å². The minimum Gasteiger partial charge on any atom is -0.497 e. The lowest BCUT2D eigenvalue weighted by Gasteiger charge is -2.13. The highest BCUT2D eigenvalue weighted by Crippen LogP contribution is 2.25. The number of hydrogen-bond donors (Lipinski definition) is 2. The Kier molecular flexibility index (Phi) is 8.48. The van der Waals surface area contributed by atoms with Crippen molar-refractivity contribution in [3.8, 4) is 23.0 Å². The highest BCUT2D eigenvalue weighted by atomic mass is 16.5. The fourth-order valence-corrected chi connectivity index (χ4v) is 3.14. The van der Waals surface area contributed by atoms with Crippen LogP contribution in [0.4, 0.5) is 0 Å². The zero-order valence-electron chi connectivity index (χ0n) is 19.1. The predicted molar refractivity (Wildman–Crippen MR) is 125 cm³/mol. The summed E-state index contributed by atoms with van der Waals surface area (Å²) in [5, 5.41) is 10.6. The molecule has 0 unspecified atom stereocenters. The summed E-state index contributed by atoms with van der Waals surface area (Å²) >= 11 is 0. The van der Waals surface area contributed by atoms with Crippen molar-refractivity contribution in [3.05, 3.63) is 59.4 Å². The summed E-state index contributed by atoms with van der Waals surface area (Å²) in [5.74, 6) is 3.56. The minimum absolute atomic E-state index is 0.501. The average Bonchev–Trinajstić information content (AvgIpc) is 3.32. The Morgan fingerprint density at radius 1 is 1.03 bits per heavy atom. The Hall–Kier alpha value is -3.55. The molecule has 3 rings (SSSR count). The first-order chi connectivity index (χ1) is 15.7. The van der Waals surface area contributed by atoms with Crippen molar-refractivity contribution < 1.29 is 14.0 Å². The van der Waals surface area contributed by atoms with Gasteiger partial charge in [0.25, 0.3) is 5.89 Å². The smallest absolute Gasteiger partial charge is 0.257 e. The molecular weight excluding hydrogens is 406 g/mol. The fraction of sp³-hybridized carbons (Fsp3) is 0.375. The first kappa shape index (κ1) is 23.1. The SMILES string of the molecule is CCNC(=NCc1ccc(OC)cc1OC)NCCc1ccc(-c2nc(CC)no2)cc1. The number of aliphatic imine (C=N–C) groups is 1. The lowest BCUT2D eigenvalue weighted by Crippen LogP contribution is -2.38. The molecule has 2 N–H and O–H groups in total. The van der Waals surface area contributed by atoms with E-state index in [2.05, 4.69) is 37.9 Å². The van der Waals surface area contributed by atoms with Crippen molar-refractivity contribution >= 4 is 5.96 Å². The van der Waals surface area contributed by atoms with Gasteiger partial charge >= 0.3 is 0 Å².